The topological polar surface area (TPSA) is 167 Å². The molecule has 30 heavy (non-hydrogen) atoms. The Balaban J connectivity index is 1.30. The van der Waals surface area contributed by atoms with Crippen molar-refractivity contribution < 1.29 is 28.9 Å². The molecule has 0 radical (unpaired) electrons. The van der Waals surface area contributed by atoms with E-state index in [9.17, 15) is 14.9 Å². The number of fused-ring (bicyclic) bond motifs is 1. The highest BCUT2D eigenvalue weighted by atomic mass is 33.1. The fourth-order valence-electron chi connectivity index (χ4n) is 2.72. The number of aromatic nitrogens is 4. The minimum atomic E-state index is -0.831. The molecule has 0 unspecified atom stereocenters. The van der Waals surface area contributed by atoms with Gasteiger partial charge in [0, 0.05) is 11.5 Å². The van der Waals surface area contributed by atoms with Crippen molar-refractivity contribution in [3.8, 4) is 0 Å². The van der Waals surface area contributed by atoms with Crippen LogP contribution in [0, 0.1) is 10.1 Å². The van der Waals surface area contributed by atoms with Crippen LogP contribution in [0.3, 0.4) is 0 Å². The first-order valence-electron chi connectivity index (χ1n) is 8.94. The lowest BCUT2D eigenvalue weighted by atomic mass is 10.2. The van der Waals surface area contributed by atoms with Crippen LogP contribution < -0.4 is 5.73 Å². The van der Waals surface area contributed by atoms with Crippen molar-refractivity contribution >= 4 is 44.7 Å². The Morgan fingerprint density at radius 2 is 2.07 bits per heavy atom. The van der Waals surface area contributed by atoms with E-state index in [1.807, 2.05) is 0 Å². The van der Waals surface area contributed by atoms with Crippen molar-refractivity contribution in [1.82, 2.24) is 19.5 Å². The summed E-state index contributed by atoms with van der Waals surface area (Å²) in [6, 6.07) is 0. The van der Waals surface area contributed by atoms with Crippen LogP contribution in [0.15, 0.2) is 12.7 Å². The van der Waals surface area contributed by atoms with Crippen molar-refractivity contribution in [2.75, 3.05) is 37.1 Å². The fraction of sp³-hybridized carbons (Fsp3) is 0.600. The molecule has 2 aromatic rings. The lowest BCUT2D eigenvalue weighted by molar-refractivity contribution is -0.756. The van der Waals surface area contributed by atoms with Gasteiger partial charge in [-0.1, -0.05) is 21.6 Å². The number of anilines is 1. The average Bonchev–Trinajstić information content (AvgIpc) is 3.35. The van der Waals surface area contributed by atoms with Gasteiger partial charge >= 0.3 is 6.16 Å². The Kier molecular flexibility index (Phi) is 8.15. The van der Waals surface area contributed by atoms with E-state index in [1.54, 1.807) is 10.9 Å². The highest BCUT2D eigenvalue weighted by Crippen LogP contribution is 2.31. The molecule has 13 nitrogen and oxygen atoms in total. The summed E-state index contributed by atoms with van der Waals surface area (Å²) in [7, 11) is 2.81. The molecule has 0 spiro atoms. The van der Waals surface area contributed by atoms with Crippen LogP contribution in [0.2, 0.25) is 0 Å². The van der Waals surface area contributed by atoms with Crippen molar-refractivity contribution in [3.05, 3.63) is 22.8 Å². The summed E-state index contributed by atoms with van der Waals surface area (Å²) in [5.41, 5.74) is 6.91. The minimum absolute atomic E-state index is 0.0190. The van der Waals surface area contributed by atoms with Gasteiger partial charge in [0.05, 0.1) is 12.4 Å². The molecule has 3 rings (SSSR count). The number of imidazole rings is 1. The quantitative estimate of drug-likeness (QED) is 0.170. The van der Waals surface area contributed by atoms with E-state index in [-0.39, 0.29) is 32.2 Å². The molecule has 3 heterocycles. The number of rotatable bonds is 11. The molecule has 0 amide bonds. The van der Waals surface area contributed by atoms with Crippen LogP contribution in [-0.2, 0) is 19.0 Å². The molecule has 15 heteroatoms. The highest BCUT2D eigenvalue weighted by Gasteiger charge is 2.29. The first-order valence-corrected chi connectivity index (χ1v) is 11.4. The number of ether oxygens (including phenoxy) is 3. The van der Waals surface area contributed by atoms with E-state index in [1.165, 1.54) is 27.9 Å². The average molecular weight is 460 g/mol. The highest BCUT2D eigenvalue weighted by molar-refractivity contribution is 8.76. The molecule has 1 aliphatic rings. The third-order valence-corrected chi connectivity index (χ3v) is 6.34. The molecule has 1 saturated heterocycles. The molecule has 1 fully saturated rings. The molecular weight excluding hydrogens is 440 g/mol. The van der Waals surface area contributed by atoms with E-state index in [4.69, 9.17) is 19.9 Å². The normalized spacial score (nSPS) is 18.4. The smallest absolute Gasteiger partial charge is 0.433 e. The Morgan fingerprint density at radius 1 is 1.27 bits per heavy atom. The predicted octanol–water partition coefficient (Wildman–Crippen LogP) is 1.83. The van der Waals surface area contributed by atoms with Crippen molar-refractivity contribution in [3.63, 3.8) is 0 Å². The summed E-state index contributed by atoms with van der Waals surface area (Å²) >= 11 is 0. The number of hydrogen-bond donors (Lipinski definition) is 1. The molecule has 2 aromatic heterocycles. The van der Waals surface area contributed by atoms with Gasteiger partial charge in [0.25, 0.3) is 5.09 Å². The second-order valence-corrected chi connectivity index (χ2v) is 8.69. The number of carbonyl (C=O) groups excluding carboxylic acids is 1. The Labute approximate surface area is 178 Å². The first kappa shape index (κ1) is 22.2. The minimum Gasteiger partial charge on any atom is -0.433 e. The molecule has 0 saturated carbocycles. The van der Waals surface area contributed by atoms with Gasteiger partial charge in [-0.15, -0.1) is 10.1 Å². The summed E-state index contributed by atoms with van der Waals surface area (Å²) in [6.45, 7) is 0.271. The summed E-state index contributed by atoms with van der Waals surface area (Å²) < 4.78 is 17.8. The number of nitrogen functional groups attached to an aromatic ring is 1. The van der Waals surface area contributed by atoms with Gasteiger partial charge in [-0.05, 0) is 12.8 Å². The molecule has 1 aliphatic heterocycles. The summed E-state index contributed by atoms with van der Waals surface area (Å²) in [6.07, 6.45) is 3.10. The predicted molar refractivity (Wildman–Crippen MR) is 108 cm³/mol. The van der Waals surface area contributed by atoms with Gasteiger partial charge in [-0.2, -0.15) is 0 Å². The van der Waals surface area contributed by atoms with Crippen molar-refractivity contribution in [2.45, 2.75) is 25.2 Å². The van der Waals surface area contributed by atoms with Crippen LogP contribution >= 0.6 is 21.6 Å². The largest absolute Gasteiger partial charge is 0.508 e. The maximum Gasteiger partial charge on any atom is 0.508 e. The van der Waals surface area contributed by atoms with Gasteiger partial charge in [-0.25, -0.2) is 19.7 Å². The van der Waals surface area contributed by atoms with Crippen molar-refractivity contribution in [1.29, 1.82) is 0 Å². The van der Waals surface area contributed by atoms with Crippen LogP contribution in [0.25, 0.3) is 11.2 Å². The van der Waals surface area contributed by atoms with Crippen LogP contribution in [0.1, 0.15) is 19.1 Å². The maximum absolute atomic E-state index is 11.7. The van der Waals surface area contributed by atoms with E-state index in [2.05, 4.69) is 19.8 Å². The molecule has 2 atom stereocenters. The van der Waals surface area contributed by atoms with E-state index in [0.29, 0.717) is 41.3 Å². The number of nitrogens with zero attached hydrogens (tertiary/aromatic N) is 5. The number of carbonyl (C=O) groups is 1. The summed E-state index contributed by atoms with van der Waals surface area (Å²) in [5, 5.41) is 9.15. The maximum atomic E-state index is 11.7. The van der Waals surface area contributed by atoms with Gasteiger partial charge in [-0.3, -0.25) is 4.57 Å². The van der Waals surface area contributed by atoms with Crippen molar-refractivity contribution in [2.24, 2.45) is 0 Å². The van der Waals surface area contributed by atoms with Crippen LogP contribution in [0.5, 0.6) is 0 Å². The summed E-state index contributed by atoms with van der Waals surface area (Å²) in [4.78, 5) is 38.2. The molecule has 0 aliphatic carbocycles. The second-order valence-electron chi connectivity index (χ2n) is 5.98. The fourth-order valence-corrected chi connectivity index (χ4v) is 4.37. The van der Waals surface area contributed by atoms with Crippen LogP contribution in [0.4, 0.5) is 10.6 Å². The lowest BCUT2D eigenvalue weighted by Gasteiger charge is -2.15. The number of nitrogens with two attached hydrogens (primary N) is 1. The van der Waals surface area contributed by atoms with E-state index >= 15 is 0 Å². The zero-order valence-corrected chi connectivity index (χ0v) is 17.4. The van der Waals surface area contributed by atoms with Gasteiger partial charge in [0.2, 0.25) is 0 Å². The standard InChI is InChI=1S/C15H20N6O7S2/c16-13-12-14(18-8-17-13)20(9-19-12)11-2-1-10(28-11)7-26-15(22)25-3-5-29-30-6-4-27-21(23)24/h8-11H,1-7H2,(H2,16,17,18)/t10-,11+/m0/s1. The molecule has 0 bridgehead atoms. The zero-order valence-electron chi connectivity index (χ0n) is 15.7. The second kappa shape index (κ2) is 11.0. The first-order chi connectivity index (χ1) is 14.5. The lowest BCUT2D eigenvalue weighted by Crippen LogP contribution is -2.20. The van der Waals surface area contributed by atoms with Crippen LogP contribution in [-0.4, -0.2) is 68.2 Å². The SMILES string of the molecule is Nc1ncnc2c1ncn2[C@H]1CC[C@@H](COC(=O)OCCSSCCO[N+](=O)[O-])O1. The molecular formula is C15H20N6O7S2. The van der Waals surface area contributed by atoms with E-state index in [0.717, 1.165) is 0 Å². The molecule has 164 valence electrons. The third kappa shape index (κ3) is 6.24. The van der Waals surface area contributed by atoms with E-state index < -0.39 is 11.2 Å². The zero-order chi connectivity index (χ0) is 21.3. The summed E-state index contributed by atoms with van der Waals surface area (Å²) in [5.74, 6) is 1.29. The Bertz CT molecular complexity index is 869. The van der Waals surface area contributed by atoms with Gasteiger partial charge < -0.3 is 24.8 Å². The monoisotopic (exact) mass is 460 g/mol. The number of hydrogen-bond acceptors (Lipinski definition) is 13. The van der Waals surface area contributed by atoms with Gasteiger partial charge in [0.1, 0.15) is 37.9 Å². The molecule has 0 aromatic carbocycles. The Morgan fingerprint density at radius 3 is 2.87 bits per heavy atom. The van der Waals surface area contributed by atoms with Gasteiger partial charge in [0.15, 0.2) is 11.5 Å². The third-order valence-electron chi connectivity index (χ3n) is 4.00. The Hall–Kier alpha value is -2.52. The molecule has 2 N–H and O–H groups in total.